The van der Waals surface area contributed by atoms with Crippen LogP contribution in [0.2, 0.25) is 0 Å². The van der Waals surface area contributed by atoms with Crippen LogP contribution in [0.25, 0.3) is 0 Å². The molecule has 0 aliphatic rings. The molecule has 0 bridgehead atoms. The highest BCUT2D eigenvalue weighted by Gasteiger charge is 2.15. The van der Waals surface area contributed by atoms with Crippen LogP contribution in [0.5, 0.6) is 5.75 Å². The Kier molecular flexibility index (Phi) is 9.84. The summed E-state index contributed by atoms with van der Waals surface area (Å²) in [4.78, 5) is 12.0. The lowest BCUT2D eigenvalue weighted by Gasteiger charge is -2.19. The first kappa shape index (κ1) is 21.2. The number of hydrogen-bond acceptors (Lipinski definition) is 3. The van der Waals surface area contributed by atoms with Crippen LogP contribution < -0.4 is 20.9 Å². The molecule has 2 atom stereocenters. The molecule has 3 N–H and O–H groups in total. The molecule has 0 aromatic heterocycles. The number of carbonyl (C=O) groups is 1. The predicted molar refractivity (Wildman–Crippen MR) is 102 cm³/mol. The van der Waals surface area contributed by atoms with Gasteiger partial charge < -0.3 is 10.1 Å². The van der Waals surface area contributed by atoms with Crippen molar-refractivity contribution in [3.05, 3.63) is 30.1 Å². The van der Waals surface area contributed by atoms with E-state index in [1.165, 1.54) is 37.1 Å². The lowest BCUT2D eigenvalue weighted by molar-refractivity contribution is -0.127. The van der Waals surface area contributed by atoms with Crippen molar-refractivity contribution >= 4 is 23.2 Å². The molecule has 25 heavy (non-hydrogen) atoms. The third kappa shape index (κ3) is 8.67. The molecular formula is C18H28FN3O2S. The highest BCUT2D eigenvalue weighted by atomic mass is 32.1. The summed E-state index contributed by atoms with van der Waals surface area (Å²) in [5.74, 6) is 0.265. The molecule has 1 amide bonds. The molecule has 7 heteroatoms. The van der Waals surface area contributed by atoms with Crippen molar-refractivity contribution in [3.8, 4) is 5.75 Å². The van der Waals surface area contributed by atoms with Gasteiger partial charge in [-0.25, -0.2) is 4.39 Å². The van der Waals surface area contributed by atoms with Crippen molar-refractivity contribution in [2.24, 2.45) is 5.92 Å². The smallest absolute Gasteiger partial charge is 0.279 e. The number of unbranched alkanes of at least 4 members (excludes halogenated alkanes) is 1. The van der Waals surface area contributed by atoms with Crippen LogP contribution >= 0.6 is 12.2 Å². The van der Waals surface area contributed by atoms with E-state index in [-0.39, 0.29) is 11.7 Å². The average molecular weight is 370 g/mol. The average Bonchev–Trinajstić information content (AvgIpc) is 2.61. The lowest BCUT2D eigenvalue weighted by Crippen LogP contribution is -2.51. The van der Waals surface area contributed by atoms with Crippen LogP contribution in [0.4, 0.5) is 4.39 Å². The number of amides is 1. The standard InChI is InChI=1S/C18H28FN3O2S/c1-4-6-7-14(5-2)12-20-18(25)22-21-17(23)13(3)24-16-10-8-15(19)9-11-16/h8-11,13-14H,4-7,12H2,1-3H3,(H,21,23)(H2,20,22,25)/t13-,14+/m0/s1. The van der Waals surface area contributed by atoms with Crippen molar-refractivity contribution in [1.82, 2.24) is 16.2 Å². The molecule has 0 unspecified atom stereocenters. The van der Waals surface area contributed by atoms with E-state index in [0.717, 1.165) is 19.4 Å². The van der Waals surface area contributed by atoms with Gasteiger partial charge in [-0.05, 0) is 55.7 Å². The van der Waals surface area contributed by atoms with Crippen molar-refractivity contribution in [1.29, 1.82) is 0 Å². The highest BCUT2D eigenvalue weighted by molar-refractivity contribution is 7.80. The molecule has 140 valence electrons. The lowest BCUT2D eigenvalue weighted by atomic mass is 9.99. The van der Waals surface area contributed by atoms with Gasteiger partial charge in [-0.2, -0.15) is 0 Å². The summed E-state index contributed by atoms with van der Waals surface area (Å²) in [6.45, 7) is 6.72. The van der Waals surface area contributed by atoms with Gasteiger partial charge in [-0.1, -0.05) is 33.1 Å². The zero-order valence-corrected chi connectivity index (χ0v) is 15.9. The molecule has 0 heterocycles. The first-order valence-electron chi connectivity index (χ1n) is 8.72. The largest absolute Gasteiger partial charge is 0.481 e. The molecule has 0 radical (unpaired) electrons. The van der Waals surface area contributed by atoms with Gasteiger partial charge in [0.1, 0.15) is 11.6 Å². The molecule has 0 saturated heterocycles. The number of carbonyl (C=O) groups excluding carboxylic acids is 1. The van der Waals surface area contributed by atoms with Crippen LogP contribution in [-0.4, -0.2) is 23.7 Å². The van der Waals surface area contributed by atoms with E-state index in [2.05, 4.69) is 30.0 Å². The molecular weight excluding hydrogens is 341 g/mol. The van der Waals surface area contributed by atoms with Gasteiger partial charge in [0.25, 0.3) is 5.91 Å². The minimum atomic E-state index is -0.742. The van der Waals surface area contributed by atoms with Crippen LogP contribution in [0.1, 0.15) is 46.5 Å². The Morgan fingerprint density at radius 3 is 2.52 bits per heavy atom. The van der Waals surface area contributed by atoms with Gasteiger partial charge >= 0.3 is 0 Å². The normalized spacial score (nSPS) is 12.8. The molecule has 1 rings (SSSR count). The van der Waals surface area contributed by atoms with Crippen molar-refractivity contribution in [2.75, 3.05) is 6.54 Å². The van der Waals surface area contributed by atoms with Crippen LogP contribution in [0.3, 0.4) is 0 Å². The predicted octanol–water partition coefficient (Wildman–Crippen LogP) is 3.30. The molecule has 0 saturated carbocycles. The molecule has 0 fully saturated rings. The van der Waals surface area contributed by atoms with E-state index < -0.39 is 6.10 Å². The zero-order valence-electron chi connectivity index (χ0n) is 15.1. The maximum Gasteiger partial charge on any atom is 0.279 e. The third-order valence-electron chi connectivity index (χ3n) is 3.89. The van der Waals surface area contributed by atoms with Gasteiger partial charge in [0.15, 0.2) is 11.2 Å². The summed E-state index contributed by atoms with van der Waals surface area (Å²) in [7, 11) is 0. The molecule has 1 aromatic rings. The number of ether oxygens (including phenoxy) is 1. The highest BCUT2D eigenvalue weighted by Crippen LogP contribution is 2.13. The fourth-order valence-corrected chi connectivity index (χ4v) is 2.35. The second-order valence-corrected chi connectivity index (χ2v) is 6.36. The van der Waals surface area contributed by atoms with E-state index in [9.17, 15) is 9.18 Å². The van der Waals surface area contributed by atoms with Crippen LogP contribution in [0.15, 0.2) is 24.3 Å². The quantitative estimate of drug-likeness (QED) is 0.460. The number of hydrazine groups is 1. The van der Waals surface area contributed by atoms with Gasteiger partial charge in [-0.15, -0.1) is 0 Å². The summed E-state index contributed by atoms with van der Waals surface area (Å²) < 4.78 is 18.3. The minimum absolute atomic E-state index is 0.355. The molecule has 0 spiro atoms. The Balaban J connectivity index is 2.29. The van der Waals surface area contributed by atoms with Crippen LogP contribution in [0, 0.1) is 11.7 Å². The van der Waals surface area contributed by atoms with E-state index in [1.54, 1.807) is 6.92 Å². The second-order valence-electron chi connectivity index (χ2n) is 5.95. The van der Waals surface area contributed by atoms with Gasteiger partial charge in [0.2, 0.25) is 0 Å². The third-order valence-corrected chi connectivity index (χ3v) is 4.14. The first-order valence-corrected chi connectivity index (χ1v) is 9.13. The number of benzene rings is 1. The Morgan fingerprint density at radius 1 is 1.24 bits per heavy atom. The molecule has 0 aliphatic carbocycles. The Hall–Kier alpha value is -1.89. The van der Waals surface area contributed by atoms with E-state index in [1.807, 2.05) is 0 Å². The maximum atomic E-state index is 12.8. The summed E-state index contributed by atoms with van der Waals surface area (Å²) in [6, 6.07) is 5.50. The first-order chi connectivity index (χ1) is 12.0. The zero-order chi connectivity index (χ0) is 18.7. The summed E-state index contributed by atoms with van der Waals surface area (Å²) in [5.41, 5.74) is 5.18. The Morgan fingerprint density at radius 2 is 1.92 bits per heavy atom. The van der Waals surface area contributed by atoms with Crippen molar-refractivity contribution in [2.45, 2.75) is 52.6 Å². The Bertz CT molecular complexity index is 540. The summed E-state index contributed by atoms with van der Waals surface area (Å²) in [6.07, 6.45) is 3.90. The number of rotatable bonds is 9. The summed E-state index contributed by atoms with van der Waals surface area (Å²) >= 11 is 5.16. The van der Waals surface area contributed by atoms with E-state index >= 15 is 0 Å². The van der Waals surface area contributed by atoms with Gasteiger partial charge in [0.05, 0.1) is 0 Å². The fraction of sp³-hybridized carbons (Fsp3) is 0.556. The minimum Gasteiger partial charge on any atom is -0.481 e. The second kappa shape index (κ2) is 11.6. The Labute approximate surface area is 154 Å². The number of halogens is 1. The monoisotopic (exact) mass is 369 g/mol. The van der Waals surface area contributed by atoms with E-state index in [0.29, 0.717) is 16.8 Å². The van der Waals surface area contributed by atoms with E-state index in [4.69, 9.17) is 17.0 Å². The van der Waals surface area contributed by atoms with Crippen LogP contribution in [-0.2, 0) is 4.79 Å². The number of nitrogens with one attached hydrogen (secondary N) is 3. The summed E-state index contributed by atoms with van der Waals surface area (Å²) in [5, 5.41) is 3.49. The number of hydrogen-bond donors (Lipinski definition) is 3. The topological polar surface area (TPSA) is 62.4 Å². The number of thiocarbonyl (C=S) groups is 1. The van der Waals surface area contributed by atoms with Crippen molar-refractivity contribution < 1.29 is 13.9 Å². The molecule has 5 nitrogen and oxygen atoms in total. The van der Waals surface area contributed by atoms with Gasteiger partial charge in [0, 0.05) is 6.54 Å². The van der Waals surface area contributed by atoms with Gasteiger partial charge in [-0.3, -0.25) is 15.6 Å². The maximum absolute atomic E-state index is 12.8. The molecule has 0 aliphatic heterocycles. The van der Waals surface area contributed by atoms with Crippen molar-refractivity contribution in [3.63, 3.8) is 0 Å². The SMILES string of the molecule is CCCC[C@@H](CC)CNC(=S)NNC(=O)[C@H](C)Oc1ccc(F)cc1. The fourth-order valence-electron chi connectivity index (χ4n) is 2.22. The molecule has 1 aromatic carbocycles.